The van der Waals surface area contributed by atoms with Crippen LogP contribution in [0.5, 0.6) is 0 Å². The Hall–Kier alpha value is -1.61. The third kappa shape index (κ3) is 3.94. The lowest BCUT2D eigenvalue weighted by atomic mass is 10.1. The average Bonchev–Trinajstić information content (AvgIpc) is 2.47. The molecular weight excluding hydrogens is 314 g/mol. The largest absolute Gasteiger partial charge is 0.334 e. The number of rotatable bonds is 5. The van der Waals surface area contributed by atoms with E-state index >= 15 is 0 Å². The fourth-order valence-electron chi connectivity index (χ4n) is 2.14. The quantitative estimate of drug-likeness (QED) is 0.789. The highest BCUT2D eigenvalue weighted by Crippen LogP contribution is 2.15. The summed E-state index contributed by atoms with van der Waals surface area (Å²) < 4.78 is 1.04. The van der Waals surface area contributed by atoms with Gasteiger partial charge in [-0.25, -0.2) is 0 Å². The van der Waals surface area contributed by atoms with Crippen molar-refractivity contribution in [1.82, 2.24) is 4.90 Å². The third-order valence-corrected chi connectivity index (χ3v) is 3.56. The molecule has 0 radical (unpaired) electrons. The van der Waals surface area contributed by atoms with E-state index in [-0.39, 0.29) is 5.91 Å². The van der Waals surface area contributed by atoms with Gasteiger partial charge in [-0.3, -0.25) is 4.79 Å². The van der Waals surface area contributed by atoms with Gasteiger partial charge >= 0.3 is 0 Å². The second-order valence-electron chi connectivity index (χ2n) is 4.72. The second-order valence-corrected chi connectivity index (χ2v) is 5.64. The van der Waals surface area contributed by atoms with Gasteiger partial charge in [0.1, 0.15) is 0 Å². The first-order valence-electron chi connectivity index (χ1n) is 6.79. The van der Waals surface area contributed by atoms with Crippen LogP contribution in [0.3, 0.4) is 0 Å². The molecule has 1 amide bonds. The second kappa shape index (κ2) is 7.25. The zero-order chi connectivity index (χ0) is 14.4. The lowest BCUT2D eigenvalue weighted by Crippen LogP contribution is -2.31. The molecule has 104 valence electrons. The van der Waals surface area contributed by atoms with Crippen molar-refractivity contribution in [2.75, 3.05) is 6.54 Å². The number of carbonyl (C=O) groups is 1. The van der Waals surface area contributed by atoms with Crippen LogP contribution in [0, 0.1) is 0 Å². The van der Waals surface area contributed by atoms with Crippen LogP contribution in [0.4, 0.5) is 0 Å². The van der Waals surface area contributed by atoms with Crippen LogP contribution in [0.1, 0.15) is 29.3 Å². The Balaban J connectivity index is 2.17. The highest BCUT2D eigenvalue weighted by molar-refractivity contribution is 9.10. The minimum absolute atomic E-state index is 0.0902. The molecule has 0 saturated heterocycles. The summed E-state index contributed by atoms with van der Waals surface area (Å²) >= 11 is 3.47. The molecule has 0 aliphatic heterocycles. The monoisotopic (exact) mass is 331 g/mol. The summed E-state index contributed by atoms with van der Waals surface area (Å²) in [5.74, 6) is 0.0902. The van der Waals surface area contributed by atoms with Crippen LogP contribution in [-0.4, -0.2) is 17.4 Å². The van der Waals surface area contributed by atoms with Crippen molar-refractivity contribution in [3.63, 3.8) is 0 Å². The Morgan fingerprint density at radius 1 is 1.10 bits per heavy atom. The maximum Gasteiger partial charge on any atom is 0.254 e. The van der Waals surface area contributed by atoms with Crippen LogP contribution in [0.15, 0.2) is 59.1 Å². The van der Waals surface area contributed by atoms with Crippen LogP contribution in [-0.2, 0) is 6.54 Å². The van der Waals surface area contributed by atoms with Crippen LogP contribution < -0.4 is 0 Å². The van der Waals surface area contributed by atoms with E-state index < -0.39 is 0 Å². The van der Waals surface area contributed by atoms with E-state index in [9.17, 15) is 4.79 Å². The molecule has 3 heteroatoms. The molecule has 0 N–H and O–H groups in total. The lowest BCUT2D eigenvalue weighted by molar-refractivity contribution is 0.0743. The number of nitrogens with zero attached hydrogens (tertiary/aromatic N) is 1. The molecule has 0 saturated carbocycles. The van der Waals surface area contributed by atoms with E-state index in [2.05, 4.69) is 28.9 Å². The number of hydrogen-bond acceptors (Lipinski definition) is 1. The zero-order valence-electron chi connectivity index (χ0n) is 11.6. The van der Waals surface area contributed by atoms with E-state index in [0.29, 0.717) is 6.54 Å². The topological polar surface area (TPSA) is 20.3 Å². The van der Waals surface area contributed by atoms with Gasteiger partial charge < -0.3 is 4.90 Å². The summed E-state index contributed by atoms with van der Waals surface area (Å²) in [5.41, 5.74) is 1.88. The van der Waals surface area contributed by atoms with Crippen molar-refractivity contribution in [2.45, 2.75) is 19.9 Å². The van der Waals surface area contributed by atoms with Gasteiger partial charge in [-0.15, -0.1) is 0 Å². The first-order chi connectivity index (χ1) is 9.70. The molecule has 20 heavy (non-hydrogen) atoms. The van der Waals surface area contributed by atoms with Gasteiger partial charge in [0.2, 0.25) is 0 Å². The molecule has 0 fully saturated rings. The van der Waals surface area contributed by atoms with Crippen LogP contribution in [0.25, 0.3) is 0 Å². The Morgan fingerprint density at radius 2 is 1.85 bits per heavy atom. The SMILES string of the molecule is CCCN(Cc1cccc(Br)c1)C(=O)c1ccccc1. The number of amides is 1. The predicted octanol–water partition coefficient (Wildman–Crippen LogP) is 4.50. The molecule has 0 bridgehead atoms. The standard InChI is InChI=1S/C17H18BrNO/c1-2-11-19(13-14-7-6-10-16(18)12-14)17(20)15-8-4-3-5-9-15/h3-10,12H,2,11,13H2,1H3. The third-order valence-electron chi connectivity index (χ3n) is 3.06. The van der Waals surface area contributed by atoms with Crippen molar-refractivity contribution >= 4 is 21.8 Å². The number of hydrogen-bond donors (Lipinski definition) is 0. The van der Waals surface area contributed by atoms with E-state index in [0.717, 1.165) is 28.6 Å². The number of halogens is 1. The smallest absolute Gasteiger partial charge is 0.254 e. The maximum absolute atomic E-state index is 12.5. The molecule has 0 spiro atoms. The normalized spacial score (nSPS) is 10.3. The Morgan fingerprint density at radius 3 is 2.50 bits per heavy atom. The molecule has 2 aromatic carbocycles. The number of benzene rings is 2. The first kappa shape index (κ1) is 14.8. The molecule has 0 atom stereocenters. The number of carbonyl (C=O) groups excluding carboxylic acids is 1. The molecule has 2 rings (SSSR count). The minimum atomic E-state index is 0.0902. The Labute approximate surface area is 128 Å². The summed E-state index contributed by atoms with van der Waals surface area (Å²) in [7, 11) is 0. The summed E-state index contributed by atoms with van der Waals surface area (Å²) in [5, 5.41) is 0. The summed E-state index contributed by atoms with van der Waals surface area (Å²) in [6, 6.07) is 17.6. The summed E-state index contributed by atoms with van der Waals surface area (Å²) in [4.78, 5) is 14.4. The Kier molecular flexibility index (Phi) is 5.36. The van der Waals surface area contributed by atoms with E-state index in [4.69, 9.17) is 0 Å². The average molecular weight is 332 g/mol. The maximum atomic E-state index is 12.5. The summed E-state index contributed by atoms with van der Waals surface area (Å²) in [6.45, 7) is 3.49. The molecule has 0 aliphatic carbocycles. The van der Waals surface area contributed by atoms with Gasteiger partial charge in [-0.2, -0.15) is 0 Å². The van der Waals surface area contributed by atoms with Crippen molar-refractivity contribution in [3.05, 3.63) is 70.2 Å². The fraction of sp³-hybridized carbons (Fsp3) is 0.235. The Bertz CT molecular complexity index is 568. The zero-order valence-corrected chi connectivity index (χ0v) is 13.1. The van der Waals surface area contributed by atoms with Gasteiger partial charge in [0.15, 0.2) is 0 Å². The van der Waals surface area contributed by atoms with Crippen molar-refractivity contribution < 1.29 is 4.79 Å². The molecule has 0 aliphatic rings. The highest BCUT2D eigenvalue weighted by Gasteiger charge is 2.15. The van der Waals surface area contributed by atoms with E-state index in [1.807, 2.05) is 53.4 Å². The molecule has 0 aromatic heterocycles. The molecule has 2 aromatic rings. The molecular formula is C17H18BrNO. The first-order valence-corrected chi connectivity index (χ1v) is 7.58. The van der Waals surface area contributed by atoms with Crippen molar-refractivity contribution in [2.24, 2.45) is 0 Å². The van der Waals surface area contributed by atoms with Crippen molar-refractivity contribution in [3.8, 4) is 0 Å². The molecule has 0 heterocycles. The minimum Gasteiger partial charge on any atom is -0.334 e. The summed E-state index contributed by atoms with van der Waals surface area (Å²) in [6.07, 6.45) is 0.951. The fourth-order valence-corrected chi connectivity index (χ4v) is 2.59. The van der Waals surface area contributed by atoms with Crippen LogP contribution in [0.2, 0.25) is 0 Å². The van der Waals surface area contributed by atoms with Gasteiger partial charge in [-0.05, 0) is 36.2 Å². The van der Waals surface area contributed by atoms with E-state index in [1.54, 1.807) is 0 Å². The molecule has 0 unspecified atom stereocenters. The molecule has 2 nitrogen and oxygen atoms in total. The van der Waals surface area contributed by atoms with Crippen molar-refractivity contribution in [1.29, 1.82) is 0 Å². The van der Waals surface area contributed by atoms with E-state index in [1.165, 1.54) is 0 Å². The van der Waals surface area contributed by atoms with Crippen LogP contribution >= 0.6 is 15.9 Å². The van der Waals surface area contributed by atoms with Gasteiger partial charge in [-0.1, -0.05) is 53.2 Å². The predicted molar refractivity (Wildman–Crippen MR) is 85.6 cm³/mol. The van der Waals surface area contributed by atoms with Gasteiger partial charge in [0.25, 0.3) is 5.91 Å². The van der Waals surface area contributed by atoms with Gasteiger partial charge in [0.05, 0.1) is 0 Å². The van der Waals surface area contributed by atoms with Gasteiger partial charge in [0, 0.05) is 23.1 Å². The lowest BCUT2D eigenvalue weighted by Gasteiger charge is -2.22. The highest BCUT2D eigenvalue weighted by atomic mass is 79.9.